The normalized spacial score (nSPS) is 6.20. The Bertz CT molecular complexity index is 152. The van der Waals surface area contributed by atoms with Crippen molar-refractivity contribution < 1.29 is 14.3 Å². The van der Waals surface area contributed by atoms with Crippen LogP contribution in [0.5, 0.6) is 0 Å². The highest BCUT2D eigenvalue weighted by Gasteiger charge is 2.03. The summed E-state index contributed by atoms with van der Waals surface area (Å²) < 4.78 is 4.02. The van der Waals surface area contributed by atoms with E-state index >= 15 is 0 Å². The number of carbonyl (C=O) groups is 2. The molecule has 0 spiro atoms. The third-order valence-electron chi connectivity index (χ3n) is 0.473. The third kappa shape index (κ3) is 9.83. The predicted molar refractivity (Wildman–Crippen MR) is 37.5 cm³/mol. The Balaban J connectivity index is 0. The first kappa shape index (κ1) is 11.5. The first-order valence-electron chi connectivity index (χ1n) is 2.48. The number of rotatable bonds is 1. The fraction of sp³-hybridized carbons (Fsp3) is 0.286. The van der Waals surface area contributed by atoms with Gasteiger partial charge >= 0.3 is 5.97 Å². The molecule has 56 valence electrons. The minimum absolute atomic E-state index is 0.567. The molecule has 0 radical (unpaired) electrons. The first-order chi connectivity index (χ1) is 4.59. The highest BCUT2D eigenvalue weighted by atomic mass is 16.5. The van der Waals surface area contributed by atoms with Gasteiger partial charge in [0.05, 0.1) is 7.11 Å². The minimum Gasteiger partial charge on any atom is -0.463 e. The zero-order valence-corrected chi connectivity index (χ0v) is 6.14. The summed E-state index contributed by atoms with van der Waals surface area (Å²) in [5.41, 5.74) is 2.25. The fourth-order valence-electron chi connectivity index (χ4n) is 0.144. The predicted octanol–water partition coefficient (Wildman–Crippen LogP) is 0.706. The van der Waals surface area contributed by atoms with Crippen molar-refractivity contribution in [1.29, 1.82) is 0 Å². The maximum Gasteiger partial charge on any atom is 0.374 e. The van der Waals surface area contributed by atoms with Crippen LogP contribution in [0.3, 0.4) is 0 Å². The average Bonchev–Trinajstić information content (AvgIpc) is 1.88. The van der Waals surface area contributed by atoms with E-state index in [0.29, 0.717) is 0 Å². The lowest BCUT2D eigenvalue weighted by molar-refractivity contribution is -0.150. The van der Waals surface area contributed by atoms with Crippen LogP contribution in [0.15, 0.2) is 18.9 Å². The van der Waals surface area contributed by atoms with Crippen molar-refractivity contribution in [3.63, 3.8) is 0 Å². The molecule has 3 heteroatoms. The molecule has 0 aromatic heterocycles. The van der Waals surface area contributed by atoms with Gasteiger partial charge in [0.15, 0.2) is 0 Å². The summed E-state index contributed by atoms with van der Waals surface area (Å²) in [4.78, 5) is 19.8. The molecule has 0 saturated carbocycles. The second-order valence-electron chi connectivity index (χ2n) is 1.30. The van der Waals surface area contributed by atoms with Crippen LogP contribution in [-0.2, 0) is 14.3 Å². The molecule has 0 aliphatic rings. The van der Waals surface area contributed by atoms with Gasteiger partial charge in [-0.3, -0.25) is 4.79 Å². The lowest BCUT2D eigenvalue weighted by atomic mass is 10.5. The van der Waals surface area contributed by atoms with E-state index in [0.717, 1.165) is 6.92 Å². The zero-order chi connectivity index (χ0) is 8.57. The highest BCUT2D eigenvalue weighted by Crippen LogP contribution is 1.71. The number of esters is 1. The van der Waals surface area contributed by atoms with Crippen molar-refractivity contribution >= 4 is 11.8 Å². The molecule has 0 amide bonds. The number of ether oxygens (including phenoxy) is 1. The molecular formula is C7H10O3. The topological polar surface area (TPSA) is 43.4 Å². The highest BCUT2D eigenvalue weighted by molar-refractivity contribution is 6.32. The van der Waals surface area contributed by atoms with Gasteiger partial charge in [0.1, 0.15) is 0 Å². The molecular weight excluding hydrogens is 132 g/mol. The van der Waals surface area contributed by atoms with Gasteiger partial charge < -0.3 is 4.74 Å². The van der Waals surface area contributed by atoms with Gasteiger partial charge in [-0.15, -0.1) is 5.73 Å². The van der Waals surface area contributed by atoms with E-state index in [1.165, 1.54) is 7.11 Å². The van der Waals surface area contributed by atoms with Gasteiger partial charge in [-0.2, -0.15) is 0 Å². The minimum atomic E-state index is -0.792. The van der Waals surface area contributed by atoms with Gasteiger partial charge in [-0.05, 0) is 0 Å². The quantitative estimate of drug-likeness (QED) is 0.307. The fourth-order valence-corrected chi connectivity index (χ4v) is 0.144. The molecule has 0 bridgehead atoms. The van der Waals surface area contributed by atoms with Crippen molar-refractivity contribution in [1.82, 2.24) is 0 Å². The van der Waals surface area contributed by atoms with E-state index in [-0.39, 0.29) is 0 Å². The Morgan fingerprint density at radius 1 is 1.40 bits per heavy atom. The van der Waals surface area contributed by atoms with Crippen LogP contribution in [0.2, 0.25) is 0 Å². The molecule has 0 heterocycles. The van der Waals surface area contributed by atoms with Crippen LogP contribution < -0.4 is 0 Å². The summed E-state index contributed by atoms with van der Waals surface area (Å²) in [5.74, 6) is -1.36. The third-order valence-corrected chi connectivity index (χ3v) is 0.473. The van der Waals surface area contributed by atoms with Gasteiger partial charge in [0, 0.05) is 6.92 Å². The van der Waals surface area contributed by atoms with E-state index in [4.69, 9.17) is 0 Å². The molecule has 0 unspecified atom stereocenters. The number of ketones is 1. The number of carbonyl (C=O) groups excluding carboxylic acids is 2. The molecule has 0 fully saturated rings. The van der Waals surface area contributed by atoms with Crippen molar-refractivity contribution in [2.24, 2.45) is 0 Å². The Hall–Kier alpha value is -1.34. The van der Waals surface area contributed by atoms with Gasteiger partial charge in [0.2, 0.25) is 5.78 Å². The zero-order valence-electron chi connectivity index (χ0n) is 6.14. The van der Waals surface area contributed by atoms with Crippen LogP contribution in [0, 0.1) is 0 Å². The summed E-state index contributed by atoms with van der Waals surface area (Å²) >= 11 is 0. The van der Waals surface area contributed by atoms with Crippen LogP contribution in [0.1, 0.15) is 6.92 Å². The number of hydrogen-bond donors (Lipinski definition) is 0. The number of methoxy groups -OCH3 is 1. The summed E-state index contributed by atoms with van der Waals surface area (Å²) in [5, 5.41) is 0. The lowest BCUT2D eigenvalue weighted by Crippen LogP contribution is -2.10. The smallest absolute Gasteiger partial charge is 0.374 e. The largest absolute Gasteiger partial charge is 0.463 e. The Kier molecular flexibility index (Phi) is 8.78. The molecule has 0 aliphatic carbocycles. The van der Waals surface area contributed by atoms with Crippen molar-refractivity contribution in [2.75, 3.05) is 7.11 Å². The van der Waals surface area contributed by atoms with Crippen molar-refractivity contribution in [3.8, 4) is 0 Å². The van der Waals surface area contributed by atoms with Crippen LogP contribution in [-0.4, -0.2) is 18.9 Å². The van der Waals surface area contributed by atoms with Crippen molar-refractivity contribution in [2.45, 2.75) is 6.92 Å². The SMILES string of the molecule is C=C=C.COC(=O)C(C)=O. The first-order valence-corrected chi connectivity index (χ1v) is 2.48. The second-order valence-corrected chi connectivity index (χ2v) is 1.30. The van der Waals surface area contributed by atoms with Crippen LogP contribution in [0.4, 0.5) is 0 Å². The maximum absolute atomic E-state index is 9.94. The van der Waals surface area contributed by atoms with Crippen LogP contribution >= 0.6 is 0 Å². The van der Waals surface area contributed by atoms with E-state index in [9.17, 15) is 9.59 Å². The van der Waals surface area contributed by atoms with E-state index in [2.05, 4.69) is 23.6 Å². The molecule has 3 nitrogen and oxygen atoms in total. The standard InChI is InChI=1S/C4H6O3.C3H4/c1-3(5)4(6)7-2;1-3-2/h1-2H3;1-2H2. The average molecular weight is 142 g/mol. The molecule has 10 heavy (non-hydrogen) atoms. The molecule has 0 aromatic carbocycles. The van der Waals surface area contributed by atoms with Crippen molar-refractivity contribution in [3.05, 3.63) is 18.9 Å². The van der Waals surface area contributed by atoms with Gasteiger partial charge in [-0.25, -0.2) is 4.79 Å². The lowest BCUT2D eigenvalue weighted by Gasteiger charge is -1.86. The molecule has 0 aliphatic heterocycles. The van der Waals surface area contributed by atoms with E-state index < -0.39 is 11.8 Å². The summed E-state index contributed by atoms with van der Waals surface area (Å²) in [6.07, 6.45) is 0. The molecule has 0 aromatic rings. The molecule has 0 N–H and O–H groups in total. The van der Waals surface area contributed by atoms with Gasteiger partial charge in [0.25, 0.3) is 0 Å². The number of hydrogen-bond acceptors (Lipinski definition) is 3. The monoisotopic (exact) mass is 142 g/mol. The second kappa shape index (κ2) is 7.66. The maximum atomic E-state index is 9.94. The number of Topliss-reactive ketones (excluding diaryl/α,β-unsaturated/α-hetero) is 1. The molecule has 0 saturated heterocycles. The van der Waals surface area contributed by atoms with E-state index in [1.807, 2.05) is 0 Å². The van der Waals surface area contributed by atoms with Gasteiger partial charge in [-0.1, -0.05) is 13.2 Å². The Morgan fingerprint density at radius 2 is 1.70 bits per heavy atom. The summed E-state index contributed by atoms with van der Waals surface area (Å²) in [7, 11) is 1.17. The summed E-state index contributed by atoms with van der Waals surface area (Å²) in [6.45, 7) is 7.41. The molecule has 0 atom stereocenters. The Labute approximate surface area is 60.0 Å². The van der Waals surface area contributed by atoms with E-state index in [1.54, 1.807) is 0 Å². The summed E-state index contributed by atoms with van der Waals surface area (Å²) in [6, 6.07) is 0. The van der Waals surface area contributed by atoms with Crippen LogP contribution in [0.25, 0.3) is 0 Å². The Morgan fingerprint density at radius 3 is 1.70 bits per heavy atom. The molecule has 0 rings (SSSR count).